The van der Waals surface area contributed by atoms with Crippen LogP contribution in [0.2, 0.25) is 0 Å². The van der Waals surface area contributed by atoms with Crippen molar-refractivity contribution in [2.24, 2.45) is 5.92 Å². The van der Waals surface area contributed by atoms with Crippen LogP contribution < -0.4 is 15.4 Å². The number of nitrogens with one attached hydrogen (secondary N) is 2. The molecule has 0 radical (unpaired) electrons. The second kappa shape index (κ2) is 10.6. The first-order chi connectivity index (χ1) is 16.4. The van der Waals surface area contributed by atoms with Crippen molar-refractivity contribution in [2.45, 2.75) is 49.1 Å². The van der Waals surface area contributed by atoms with Crippen molar-refractivity contribution in [2.75, 3.05) is 20.2 Å². The van der Waals surface area contributed by atoms with Gasteiger partial charge in [0, 0.05) is 25.6 Å². The first kappa shape index (κ1) is 24.2. The van der Waals surface area contributed by atoms with Gasteiger partial charge in [0.05, 0.1) is 17.9 Å². The van der Waals surface area contributed by atoms with Crippen LogP contribution in [0.3, 0.4) is 0 Å². The molecule has 2 atom stereocenters. The van der Waals surface area contributed by atoms with Gasteiger partial charge in [0.15, 0.2) is 0 Å². The van der Waals surface area contributed by atoms with Crippen molar-refractivity contribution in [3.63, 3.8) is 0 Å². The number of piperidine rings is 1. The van der Waals surface area contributed by atoms with Gasteiger partial charge in [-0.05, 0) is 55.5 Å². The molecule has 2 aromatic carbocycles. The number of amides is 2. The summed E-state index contributed by atoms with van der Waals surface area (Å²) >= 11 is 0. The van der Waals surface area contributed by atoms with Gasteiger partial charge in [-0.25, -0.2) is 8.42 Å². The van der Waals surface area contributed by atoms with Gasteiger partial charge in [-0.1, -0.05) is 30.3 Å². The van der Waals surface area contributed by atoms with Crippen LogP contribution in [0.1, 0.15) is 31.2 Å². The molecule has 4 rings (SSSR count). The molecular formula is C25H31N3O5S. The van der Waals surface area contributed by atoms with Gasteiger partial charge in [-0.3, -0.25) is 9.59 Å². The zero-order valence-electron chi connectivity index (χ0n) is 19.3. The Kier molecular flexibility index (Phi) is 7.53. The Bertz CT molecular complexity index is 1100. The molecule has 0 aromatic heterocycles. The number of hydrogen-bond donors (Lipinski definition) is 2. The first-order valence-corrected chi connectivity index (χ1v) is 13.1. The smallest absolute Gasteiger partial charge is 0.243 e. The summed E-state index contributed by atoms with van der Waals surface area (Å²) in [5, 5.41) is 5.88. The van der Waals surface area contributed by atoms with Gasteiger partial charge < -0.3 is 15.4 Å². The second-order valence-electron chi connectivity index (χ2n) is 8.91. The van der Waals surface area contributed by atoms with Crippen LogP contribution in [0.4, 0.5) is 0 Å². The second-order valence-corrected chi connectivity index (χ2v) is 10.8. The van der Waals surface area contributed by atoms with Gasteiger partial charge in [-0.15, -0.1) is 0 Å². The number of rotatable bonds is 9. The van der Waals surface area contributed by atoms with Gasteiger partial charge in [-0.2, -0.15) is 4.31 Å². The van der Waals surface area contributed by atoms with E-state index >= 15 is 0 Å². The fourth-order valence-corrected chi connectivity index (χ4v) is 5.67. The zero-order chi connectivity index (χ0) is 24.1. The van der Waals surface area contributed by atoms with E-state index in [1.165, 1.54) is 23.5 Å². The lowest BCUT2D eigenvalue weighted by molar-refractivity contribution is -0.131. The van der Waals surface area contributed by atoms with Crippen LogP contribution in [0.25, 0.3) is 0 Å². The first-order valence-electron chi connectivity index (χ1n) is 11.7. The Morgan fingerprint density at radius 3 is 2.41 bits per heavy atom. The topological polar surface area (TPSA) is 105 Å². The van der Waals surface area contributed by atoms with E-state index in [2.05, 4.69) is 10.6 Å². The van der Waals surface area contributed by atoms with Crippen molar-refractivity contribution in [3.8, 4) is 5.75 Å². The highest BCUT2D eigenvalue weighted by Crippen LogP contribution is 2.25. The lowest BCUT2D eigenvalue weighted by atomic mass is 9.97. The molecule has 1 aliphatic carbocycles. The molecule has 1 heterocycles. The average Bonchev–Trinajstić information content (AvgIpc) is 3.68. The molecule has 0 bridgehead atoms. The van der Waals surface area contributed by atoms with Gasteiger partial charge >= 0.3 is 0 Å². The number of carbonyl (C=O) groups is 2. The zero-order valence-corrected chi connectivity index (χ0v) is 20.1. The fourth-order valence-electron chi connectivity index (χ4n) is 4.15. The highest BCUT2D eigenvalue weighted by atomic mass is 32.2. The summed E-state index contributed by atoms with van der Waals surface area (Å²) in [7, 11) is -2.21. The maximum atomic E-state index is 13.2. The molecular weight excluding hydrogens is 454 g/mol. The summed E-state index contributed by atoms with van der Waals surface area (Å²) in [6.07, 6.45) is 3.44. The van der Waals surface area contributed by atoms with Gasteiger partial charge in [0.2, 0.25) is 21.8 Å². The number of hydrogen-bond acceptors (Lipinski definition) is 5. The van der Waals surface area contributed by atoms with E-state index in [9.17, 15) is 18.0 Å². The molecule has 2 fully saturated rings. The number of benzene rings is 2. The van der Waals surface area contributed by atoms with Crippen molar-refractivity contribution < 1.29 is 22.7 Å². The minimum Gasteiger partial charge on any atom is -0.497 e. The average molecular weight is 486 g/mol. The third-order valence-corrected chi connectivity index (χ3v) is 8.17. The molecule has 2 N–H and O–H groups in total. The lowest BCUT2D eigenvalue weighted by Gasteiger charge is -2.32. The minimum atomic E-state index is -3.74. The Morgan fingerprint density at radius 1 is 1.06 bits per heavy atom. The normalized spacial score (nSPS) is 19.7. The monoisotopic (exact) mass is 485 g/mol. The van der Waals surface area contributed by atoms with Crippen LogP contribution in [-0.4, -0.2) is 56.8 Å². The van der Waals surface area contributed by atoms with E-state index < -0.39 is 22.0 Å². The fraction of sp³-hybridized carbons (Fsp3) is 0.440. The van der Waals surface area contributed by atoms with Crippen LogP contribution in [-0.2, 0) is 26.0 Å². The van der Waals surface area contributed by atoms with E-state index in [0.717, 1.165) is 18.4 Å². The largest absolute Gasteiger partial charge is 0.497 e. The molecule has 1 unspecified atom stereocenters. The lowest BCUT2D eigenvalue weighted by Crippen LogP contribution is -2.52. The summed E-state index contributed by atoms with van der Waals surface area (Å²) in [6.45, 7) is 0.441. The molecule has 182 valence electrons. The van der Waals surface area contributed by atoms with E-state index in [-0.39, 0.29) is 29.3 Å². The molecule has 2 aliphatic rings. The highest BCUT2D eigenvalue weighted by molar-refractivity contribution is 7.89. The third kappa shape index (κ3) is 5.95. The maximum absolute atomic E-state index is 13.2. The van der Waals surface area contributed by atoms with E-state index in [0.29, 0.717) is 31.6 Å². The summed E-state index contributed by atoms with van der Waals surface area (Å²) in [5.41, 5.74) is 0.950. The van der Waals surface area contributed by atoms with Gasteiger partial charge in [0.25, 0.3) is 0 Å². The number of carbonyl (C=O) groups excluding carboxylic acids is 2. The van der Waals surface area contributed by atoms with Crippen molar-refractivity contribution in [1.82, 2.24) is 14.9 Å². The molecule has 1 saturated carbocycles. The van der Waals surface area contributed by atoms with E-state index in [4.69, 9.17) is 4.74 Å². The minimum absolute atomic E-state index is 0.0858. The number of nitrogens with zero attached hydrogens (tertiary/aromatic N) is 1. The van der Waals surface area contributed by atoms with E-state index in [1.54, 1.807) is 12.1 Å². The van der Waals surface area contributed by atoms with E-state index in [1.807, 2.05) is 30.3 Å². The predicted octanol–water partition coefficient (Wildman–Crippen LogP) is 2.10. The molecule has 34 heavy (non-hydrogen) atoms. The Hall–Kier alpha value is -2.91. The highest BCUT2D eigenvalue weighted by Gasteiger charge is 2.35. The number of ether oxygens (including phenoxy) is 1. The number of methoxy groups -OCH3 is 1. The van der Waals surface area contributed by atoms with Crippen LogP contribution in [0, 0.1) is 5.92 Å². The molecule has 0 spiro atoms. The van der Waals surface area contributed by atoms with Crippen molar-refractivity contribution in [3.05, 3.63) is 60.2 Å². The predicted molar refractivity (Wildman–Crippen MR) is 128 cm³/mol. The molecule has 8 nitrogen and oxygen atoms in total. The quantitative estimate of drug-likeness (QED) is 0.566. The Balaban J connectivity index is 1.44. The standard InChI is InChI=1S/C25H31N3O5S/c1-33-21-11-13-22(14-12-21)34(31,32)28-15-5-8-19(17-28)24(29)27-23(25(30)26-20-9-10-20)16-18-6-3-2-4-7-18/h2-4,6-7,11-14,19-20,23H,5,8-10,15-17H2,1H3,(H,26,30)(H,27,29)/t19?,23-/m0/s1. The molecule has 9 heteroatoms. The Labute approximate surface area is 200 Å². The SMILES string of the molecule is COc1ccc(S(=O)(=O)N2CCCC(C(=O)N[C@@H](Cc3ccccc3)C(=O)NC3CC3)C2)cc1. The van der Waals surface area contributed by atoms with Gasteiger partial charge in [0.1, 0.15) is 11.8 Å². The van der Waals surface area contributed by atoms with Crippen molar-refractivity contribution >= 4 is 21.8 Å². The molecule has 1 aliphatic heterocycles. The number of sulfonamides is 1. The maximum Gasteiger partial charge on any atom is 0.243 e. The van der Waals surface area contributed by atoms with Crippen molar-refractivity contribution in [1.29, 1.82) is 0 Å². The van der Waals surface area contributed by atoms with Crippen LogP contribution in [0.5, 0.6) is 5.75 Å². The van der Waals surface area contributed by atoms with Crippen LogP contribution in [0.15, 0.2) is 59.5 Å². The summed E-state index contributed by atoms with van der Waals surface area (Å²) in [4.78, 5) is 26.2. The van der Waals surface area contributed by atoms with Crippen LogP contribution >= 0.6 is 0 Å². The Morgan fingerprint density at radius 2 is 1.76 bits per heavy atom. The molecule has 2 aromatic rings. The summed E-state index contributed by atoms with van der Waals surface area (Å²) in [5.74, 6) is -0.433. The summed E-state index contributed by atoms with van der Waals surface area (Å²) in [6, 6.07) is 15.3. The molecule has 2 amide bonds. The third-order valence-electron chi connectivity index (χ3n) is 6.29. The molecule has 1 saturated heterocycles. The summed E-state index contributed by atoms with van der Waals surface area (Å²) < 4.78 is 32.8.